The van der Waals surface area contributed by atoms with Crippen molar-refractivity contribution < 1.29 is 0 Å². The van der Waals surface area contributed by atoms with Crippen molar-refractivity contribution in [1.29, 1.82) is 0 Å². The number of hydrogen-bond donors (Lipinski definition) is 0. The monoisotopic (exact) mass is 343 g/mol. The van der Waals surface area contributed by atoms with Crippen LogP contribution in [0.5, 0.6) is 0 Å². The molecule has 0 saturated carbocycles. The van der Waals surface area contributed by atoms with E-state index in [0.29, 0.717) is 11.6 Å². The summed E-state index contributed by atoms with van der Waals surface area (Å²) >= 11 is 0. The third-order valence-electron chi connectivity index (χ3n) is 6.16. The van der Waals surface area contributed by atoms with Gasteiger partial charge in [-0.25, -0.2) is 0 Å². The van der Waals surface area contributed by atoms with Gasteiger partial charge in [0.05, 0.1) is 0 Å². The molecule has 140 valence electrons. The smallest absolute Gasteiger partial charge is 0.0389 e. The van der Waals surface area contributed by atoms with Gasteiger partial charge in [-0.05, 0) is 78.6 Å². The van der Waals surface area contributed by atoms with Gasteiger partial charge in [-0.15, -0.1) is 0 Å². The zero-order chi connectivity index (χ0) is 18.0. The van der Waals surface area contributed by atoms with E-state index in [4.69, 9.17) is 0 Å². The molecule has 0 bridgehead atoms. The van der Waals surface area contributed by atoms with E-state index >= 15 is 0 Å². The topological polar surface area (TPSA) is 9.72 Å². The van der Waals surface area contributed by atoms with E-state index in [-0.39, 0.29) is 0 Å². The minimum atomic E-state index is 0.332. The van der Waals surface area contributed by atoms with Crippen LogP contribution < -0.4 is 4.90 Å². The van der Waals surface area contributed by atoms with E-state index in [0.717, 1.165) is 12.5 Å². The van der Waals surface area contributed by atoms with Crippen molar-refractivity contribution in [3.8, 4) is 0 Å². The van der Waals surface area contributed by atoms with Gasteiger partial charge in [0, 0.05) is 43.4 Å². The lowest BCUT2D eigenvalue weighted by atomic mass is 9.92. The Labute approximate surface area is 155 Å². The van der Waals surface area contributed by atoms with E-state index in [2.05, 4.69) is 73.6 Å². The van der Waals surface area contributed by atoms with Gasteiger partial charge >= 0.3 is 0 Å². The molecule has 1 aromatic rings. The molecule has 2 aliphatic heterocycles. The first-order chi connectivity index (χ1) is 11.8. The fraction of sp³-hybridized carbons (Fsp3) is 0.727. The van der Waals surface area contributed by atoms with Crippen LogP contribution in [0.4, 0.5) is 5.69 Å². The summed E-state index contributed by atoms with van der Waals surface area (Å²) < 4.78 is 0. The summed E-state index contributed by atoms with van der Waals surface area (Å²) in [5.41, 5.74) is 3.06. The van der Waals surface area contributed by atoms with E-state index in [1.54, 1.807) is 0 Å². The number of anilines is 1. The van der Waals surface area contributed by atoms with E-state index in [1.807, 2.05) is 0 Å². The molecule has 0 spiro atoms. The second-order valence-electron chi connectivity index (χ2n) is 9.24. The minimum Gasteiger partial charge on any atom is -0.366 e. The lowest BCUT2D eigenvalue weighted by Crippen LogP contribution is -2.54. The third kappa shape index (κ3) is 4.77. The molecule has 3 rings (SSSR count). The standard InChI is InChI=1S/C22H37N3/c1-18-6-8-21(9-7-18)25-15-14-23(16-19(25)2)17-20-10-12-24(13-11-20)22(3,4)5/h6-9,19-20H,10-17H2,1-5H3. The first kappa shape index (κ1) is 18.7. The van der Waals surface area contributed by atoms with Crippen LogP contribution in [0.2, 0.25) is 0 Å². The summed E-state index contributed by atoms with van der Waals surface area (Å²) in [5, 5.41) is 0. The van der Waals surface area contributed by atoms with Gasteiger partial charge in [-0.3, -0.25) is 9.80 Å². The normalized spacial score (nSPS) is 24.7. The second kappa shape index (κ2) is 7.67. The number of hydrogen-bond acceptors (Lipinski definition) is 3. The first-order valence-corrected chi connectivity index (χ1v) is 10.1. The van der Waals surface area contributed by atoms with Crippen LogP contribution in [0.15, 0.2) is 24.3 Å². The minimum absolute atomic E-state index is 0.332. The summed E-state index contributed by atoms with van der Waals surface area (Å²) in [6, 6.07) is 9.63. The van der Waals surface area contributed by atoms with E-state index in [1.165, 1.54) is 56.8 Å². The number of likely N-dealkylation sites (tertiary alicyclic amines) is 1. The van der Waals surface area contributed by atoms with Gasteiger partial charge in [-0.1, -0.05) is 17.7 Å². The summed E-state index contributed by atoms with van der Waals surface area (Å²) in [4.78, 5) is 7.95. The highest BCUT2D eigenvalue weighted by molar-refractivity contribution is 5.48. The number of aryl methyl sites for hydroxylation is 1. The maximum absolute atomic E-state index is 2.72. The van der Waals surface area contributed by atoms with Crippen molar-refractivity contribution in [2.45, 2.75) is 59.0 Å². The van der Waals surface area contributed by atoms with Crippen LogP contribution in [-0.4, -0.2) is 60.6 Å². The number of piperidine rings is 1. The van der Waals surface area contributed by atoms with E-state index in [9.17, 15) is 0 Å². The summed E-state index contributed by atoms with van der Waals surface area (Å²) in [6.07, 6.45) is 2.73. The number of rotatable bonds is 3. The van der Waals surface area contributed by atoms with Gasteiger partial charge in [0.1, 0.15) is 0 Å². The fourth-order valence-electron chi connectivity index (χ4n) is 4.47. The van der Waals surface area contributed by atoms with Crippen LogP contribution in [0.1, 0.15) is 46.1 Å². The maximum Gasteiger partial charge on any atom is 0.0389 e. The Kier molecular flexibility index (Phi) is 5.75. The van der Waals surface area contributed by atoms with Gasteiger partial charge in [0.15, 0.2) is 0 Å². The van der Waals surface area contributed by atoms with E-state index < -0.39 is 0 Å². The quantitative estimate of drug-likeness (QED) is 0.821. The van der Waals surface area contributed by atoms with Crippen molar-refractivity contribution in [3.05, 3.63) is 29.8 Å². The highest BCUT2D eigenvalue weighted by Gasteiger charge is 2.30. The number of nitrogens with zero attached hydrogens (tertiary/aromatic N) is 3. The average molecular weight is 344 g/mol. The molecule has 2 saturated heterocycles. The third-order valence-corrected chi connectivity index (χ3v) is 6.16. The molecule has 1 aromatic carbocycles. The van der Waals surface area contributed by atoms with Crippen molar-refractivity contribution in [2.75, 3.05) is 44.2 Å². The molecule has 1 unspecified atom stereocenters. The average Bonchev–Trinajstić information content (AvgIpc) is 2.56. The Bertz CT molecular complexity index is 537. The molecule has 0 radical (unpaired) electrons. The Hall–Kier alpha value is -1.06. The lowest BCUT2D eigenvalue weighted by molar-refractivity contribution is 0.0716. The SMILES string of the molecule is Cc1ccc(N2CCN(CC3CCN(C(C)(C)C)CC3)CC2C)cc1. The molecule has 1 atom stereocenters. The molecule has 2 aliphatic rings. The van der Waals surface area contributed by atoms with Gasteiger partial charge in [-0.2, -0.15) is 0 Å². The van der Waals surface area contributed by atoms with Crippen molar-refractivity contribution in [2.24, 2.45) is 5.92 Å². The highest BCUT2D eigenvalue weighted by Crippen LogP contribution is 2.26. The van der Waals surface area contributed by atoms with Crippen molar-refractivity contribution in [3.63, 3.8) is 0 Å². The molecule has 3 heteroatoms. The summed E-state index contributed by atoms with van der Waals surface area (Å²) in [6.45, 7) is 19.0. The van der Waals surface area contributed by atoms with Crippen LogP contribution in [0, 0.1) is 12.8 Å². The number of piperazine rings is 1. The van der Waals surface area contributed by atoms with Crippen LogP contribution in [0.25, 0.3) is 0 Å². The molecule has 2 heterocycles. The van der Waals surface area contributed by atoms with Crippen LogP contribution in [0.3, 0.4) is 0 Å². The predicted octanol–water partition coefficient (Wildman–Crippen LogP) is 4.02. The molecule has 25 heavy (non-hydrogen) atoms. The van der Waals surface area contributed by atoms with Crippen molar-refractivity contribution in [1.82, 2.24) is 9.80 Å². The Morgan fingerprint density at radius 3 is 2.16 bits per heavy atom. The molecule has 2 fully saturated rings. The fourth-order valence-corrected chi connectivity index (χ4v) is 4.47. The van der Waals surface area contributed by atoms with Crippen LogP contribution in [-0.2, 0) is 0 Å². The molecule has 0 N–H and O–H groups in total. The molecule has 0 amide bonds. The summed E-state index contributed by atoms with van der Waals surface area (Å²) in [5.74, 6) is 0.886. The lowest BCUT2D eigenvalue weighted by Gasteiger charge is -2.45. The summed E-state index contributed by atoms with van der Waals surface area (Å²) in [7, 11) is 0. The largest absolute Gasteiger partial charge is 0.366 e. The molecule has 0 aliphatic carbocycles. The maximum atomic E-state index is 2.72. The Morgan fingerprint density at radius 1 is 0.960 bits per heavy atom. The predicted molar refractivity (Wildman–Crippen MR) is 108 cm³/mol. The van der Waals surface area contributed by atoms with Gasteiger partial charge < -0.3 is 4.90 Å². The highest BCUT2D eigenvalue weighted by atomic mass is 15.3. The van der Waals surface area contributed by atoms with Crippen molar-refractivity contribution >= 4 is 5.69 Å². The first-order valence-electron chi connectivity index (χ1n) is 10.1. The molecular weight excluding hydrogens is 306 g/mol. The molecule has 3 nitrogen and oxygen atoms in total. The van der Waals surface area contributed by atoms with Gasteiger partial charge in [0.2, 0.25) is 0 Å². The Balaban J connectivity index is 1.48. The molecule has 0 aromatic heterocycles. The van der Waals surface area contributed by atoms with Gasteiger partial charge in [0.25, 0.3) is 0 Å². The zero-order valence-electron chi connectivity index (χ0n) is 17.0. The zero-order valence-corrected chi connectivity index (χ0v) is 17.0. The molecular formula is C22H37N3. The number of benzene rings is 1. The Morgan fingerprint density at radius 2 is 1.60 bits per heavy atom. The van der Waals surface area contributed by atoms with Crippen LogP contribution >= 0.6 is 0 Å². The second-order valence-corrected chi connectivity index (χ2v) is 9.24.